The number of aromatic carboxylic acids is 1. The fourth-order valence-electron chi connectivity index (χ4n) is 2.47. The van der Waals surface area contributed by atoms with Gasteiger partial charge in [0.05, 0.1) is 5.69 Å². The Bertz CT molecular complexity index is 825. The van der Waals surface area contributed by atoms with Crippen molar-refractivity contribution in [3.8, 4) is 17.3 Å². The van der Waals surface area contributed by atoms with Gasteiger partial charge >= 0.3 is 5.97 Å². The molecule has 3 heterocycles. The zero-order valence-electron chi connectivity index (χ0n) is 10.5. The first-order valence-electron chi connectivity index (χ1n) is 6.05. The molecule has 0 amide bonds. The number of nitrogens with zero attached hydrogens (tertiary/aromatic N) is 2. The fourth-order valence-corrected chi connectivity index (χ4v) is 2.86. The molecule has 0 fully saturated rings. The normalized spacial score (nSPS) is 13.4. The molecule has 0 saturated carbocycles. The molecule has 0 radical (unpaired) electrons. The predicted molar refractivity (Wildman–Crippen MR) is 75.2 cm³/mol. The number of fused-ring (bicyclic) bond motifs is 3. The Morgan fingerprint density at radius 1 is 1.38 bits per heavy atom. The third kappa shape index (κ3) is 2.00. The molecular weight excluding hydrogens is 321 g/mol. The van der Waals surface area contributed by atoms with Gasteiger partial charge in [0.1, 0.15) is 10.9 Å². The number of aromatic nitrogens is 3. The van der Waals surface area contributed by atoms with Gasteiger partial charge in [0, 0.05) is 12.1 Å². The molecule has 110 valence electrons. The first kappa shape index (κ1) is 14.0. The summed E-state index contributed by atoms with van der Waals surface area (Å²) in [7, 11) is 0. The molecule has 0 aliphatic carbocycles. The highest BCUT2D eigenvalue weighted by Gasteiger charge is 2.28. The van der Waals surface area contributed by atoms with E-state index in [1.165, 1.54) is 0 Å². The van der Waals surface area contributed by atoms with Crippen LogP contribution in [0.1, 0.15) is 22.3 Å². The topological polar surface area (TPSA) is 108 Å². The van der Waals surface area contributed by atoms with Crippen LogP contribution < -0.4 is 5.56 Å². The molecule has 7 nitrogen and oxygen atoms in total. The summed E-state index contributed by atoms with van der Waals surface area (Å²) in [5.74, 6) is -1.72. The first-order valence-corrected chi connectivity index (χ1v) is 6.80. The van der Waals surface area contributed by atoms with Crippen LogP contribution >= 0.6 is 23.2 Å². The molecule has 1 aliphatic rings. The number of aromatic hydroxyl groups is 1. The van der Waals surface area contributed by atoms with Crippen LogP contribution in [-0.4, -0.2) is 30.7 Å². The summed E-state index contributed by atoms with van der Waals surface area (Å²) in [5.41, 5.74) is -1.01. The van der Waals surface area contributed by atoms with E-state index in [0.717, 1.165) is 0 Å². The maximum atomic E-state index is 11.9. The number of imidazole rings is 1. The SMILES string of the molecule is O=C(O)c1c(O)c2c([nH]c1=O)-c1nc(Cl)c(Cl)n1CCC2. The lowest BCUT2D eigenvalue weighted by Gasteiger charge is -2.09. The summed E-state index contributed by atoms with van der Waals surface area (Å²) in [5, 5.41) is 19.5. The van der Waals surface area contributed by atoms with Crippen LogP contribution in [0, 0.1) is 0 Å². The van der Waals surface area contributed by atoms with Crippen molar-refractivity contribution in [2.24, 2.45) is 0 Å². The molecule has 0 bridgehead atoms. The Morgan fingerprint density at radius 3 is 2.76 bits per heavy atom. The zero-order valence-corrected chi connectivity index (χ0v) is 12.0. The minimum atomic E-state index is -1.49. The van der Waals surface area contributed by atoms with Gasteiger partial charge in [-0.15, -0.1) is 0 Å². The molecule has 0 saturated heterocycles. The second-order valence-corrected chi connectivity index (χ2v) is 5.32. The highest BCUT2D eigenvalue weighted by molar-refractivity contribution is 6.40. The lowest BCUT2D eigenvalue weighted by molar-refractivity contribution is 0.0691. The van der Waals surface area contributed by atoms with E-state index in [0.29, 0.717) is 30.8 Å². The van der Waals surface area contributed by atoms with Gasteiger partial charge in [-0.3, -0.25) is 4.79 Å². The molecule has 3 rings (SSSR count). The molecule has 0 aromatic carbocycles. The molecule has 2 aromatic heterocycles. The number of pyridine rings is 1. The van der Waals surface area contributed by atoms with E-state index in [-0.39, 0.29) is 16.0 Å². The Labute approximate surface area is 127 Å². The molecule has 9 heteroatoms. The van der Waals surface area contributed by atoms with Crippen molar-refractivity contribution in [3.63, 3.8) is 0 Å². The number of hydrogen-bond donors (Lipinski definition) is 3. The van der Waals surface area contributed by atoms with Crippen LogP contribution in [0.5, 0.6) is 5.75 Å². The Hall–Kier alpha value is -1.99. The van der Waals surface area contributed by atoms with Gasteiger partial charge in [0.2, 0.25) is 0 Å². The number of H-pyrrole nitrogens is 1. The van der Waals surface area contributed by atoms with Crippen molar-refractivity contribution < 1.29 is 15.0 Å². The van der Waals surface area contributed by atoms with Crippen LogP contribution in [0.4, 0.5) is 0 Å². The van der Waals surface area contributed by atoms with Crippen molar-refractivity contribution in [3.05, 3.63) is 31.8 Å². The highest BCUT2D eigenvalue weighted by atomic mass is 35.5. The summed E-state index contributed by atoms with van der Waals surface area (Å²) in [6, 6.07) is 0. The highest BCUT2D eigenvalue weighted by Crippen LogP contribution is 2.36. The summed E-state index contributed by atoms with van der Waals surface area (Å²) >= 11 is 11.9. The number of nitrogens with one attached hydrogen (secondary N) is 1. The molecule has 3 N–H and O–H groups in total. The quantitative estimate of drug-likeness (QED) is 0.740. The minimum Gasteiger partial charge on any atom is -0.506 e. The van der Waals surface area contributed by atoms with E-state index in [9.17, 15) is 14.7 Å². The molecule has 2 aromatic rings. The maximum absolute atomic E-state index is 11.9. The standard InChI is InChI=1S/C12H9Cl2N3O4/c13-8-9(14)17-3-1-2-4-6(10(17)16-8)15-11(19)5(7(4)18)12(20)21/h1-3H2,(H,20,21)(H2,15,18,19). The number of rotatable bonds is 1. The van der Waals surface area contributed by atoms with Crippen LogP contribution in [0.15, 0.2) is 4.79 Å². The van der Waals surface area contributed by atoms with E-state index in [1.54, 1.807) is 4.57 Å². The number of carboxylic acids is 1. The van der Waals surface area contributed by atoms with Crippen molar-refractivity contribution in [1.29, 1.82) is 0 Å². The monoisotopic (exact) mass is 329 g/mol. The van der Waals surface area contributed by atoms with Crippen LogP contribution in [0.3, 0.4) is 0 Å². The fraction of sp³-hybridized carbons (Fsp3) is 0.250. The molecule has 21 heavy (non-hydrogen) atoms. The Morgan fingerprint density at radius 2 is 2.10 bits per heavy atom. The number of hydrogen-bond acceptors (Lipinski definition) is 4. The Balaban J connectivity index is 2.37. The summed E-state index contributed by atoms with van der Waals surface area (Å²) in [6.07, 6.45) is 0.973. The summed E-state index contributed by atoms with van der Waals surface area (Å²) in [4.78, 5) is 29.5. The largest absolute Gasteiger partial charge is 0.506 e. The third-order valence-corrected chi connectivity index (χ3v) is 4.15. The summed E-state index contributed by atoms with van der Waals surface area (Å²) in [6.45, 7) is 0.493. The third-order valence-electron chi connectivity index (χ3n) is 3.40. The van der Waals surface area contributed by atoms with E-state index >= 15 is 0 Å². The van der Waals surface area contributed by atoms with Gasteiger partial charge in [-0.1, -0.05) is 23.2 Å². The summed E-state index contributed by atoms with van der Waals surface area (Å²) < 4.78 is 1.62. The molecule has 0 atom stereocenters. The molecule has 0 unspecified atom stereocenters. The van der Waals surface area contributed by atoms with Gasteiger partial charge in [-0.2, -0.15) is 0 Å². The number of aromatic amines is 1. The van der Waals surface area contributed by atoms with Crippen molar-refractivity contribution in [2.45, 2.75) is 19.4 Å². The second kappa shape index (κ2) is 4.78. The smallest absolute Gasteiger partial charge is 0.345 e. The lowest BCUT2D eigenvalue weighted by atomic mass is 10.0. The molecule has 1 aliphatic heterocycles. The zero-order chi connectivity index (χ0) is 15.3. The molecular formula is C12H9Cl2N3O4. The maximum Gasteiger partial charge on any atom is 0.345 e. The second-order valence-electron chi connectivity index (χ2n) is 4.61. The van der Waals surface area contributed by atoms with Gasteiger partial charge in [-0.25, -0.2) is 9.78 Å². The van der Waals surface area contributed by atoms with Gasteiger partial charge < -0.3 is 19.8 Å². The van der Waals surface area contributed by atoms with Crippen molar-refractivity contribution >= 4 is 29.2 Å². The number of carbonyl (C=O) groups is 1. The average molecular weight is 330 g/mol. The van der Waals surface area contributed by atoms with Crippen molar-refractivity contribution in [1.82, 2.24) is 14.5 Å². The van der Waals surface area contributed by atoms with E-state index in [2.05, 4.69) is 9.97 Å². The minimum absolute atomic E-state index is 0.0853. The Kier molecular flexibility index (Phi) is 3.18. The van der Waals surface area contributed by atoms with Gasteiger partial charge in [0.25, 0.3) is 5.56 Å². The average Bonchev–Trinajstić information content (AvgIpc) is 2.58. The van der Waals surface area contributed by atoms with E-state index in [1.807, 2.05) is 0 Å². The first-order chi connectivity index (χ1) is 9.91. The van der Waals surface area contributed by atoms with Crippen molar-refractivity contribution in [2.75, 3.05) is 0 Å². The predicted octanol–water partition coefficient (Wildman–Crippen LogP) is 1.90. The van der Waals surface area contributed by atoms with Crippen LogP contribution in [0.25, 0.3) is 11.5 Å². The van der Waals surface area contributed by atoms with E-state index < -0.39 is 22.8 Å². The van der Waals surface area contributed by atoms with E-state index in [4.69, 9.17) is 28.3 Å². The van der Waals surface area contributed by atoms with Gasteiger partial charge in [-0.05, 0) is 12.8 Å². The van der Waals surface area contributed by atoms with Crippen LogP contribution in [0.2, 0.25) is 10.3 Å². The lowest BCUT2D eigenvalue weighted by Crippen LogP contribution is -2.20. The van der Waals surface area contributed by atoms with Gasteiger partial charge in [0.15, 0.2) is 16.5 Å². The number of halogens is 2. The molecule has 0 spiro atoms. The van der Waals surface area contributed by atoms with Crippen LogP contribution in [-0.2, 0) is 13.0 Å². The number of carboxylic acid groups (broad SMARTS) is 1.